The van der Waals surface area contributed by atoms with Crippen LogP contribution in [0.4, 0.5) is 10.5 Å². The Kier molecular flexibility index (Phi) is 8.00. The van der Waals surface area contributed by atoms with Crippen molar-refractivity contribution < 1.29 is 9.59 Å². The van der Waals surface area contributed by atoms with Gasteiger partial charge in [-0.1, -0.05) is 42.8 Å². The maximum Gasteiger partial charge on any atom is 0.321 e. The Morgan fingerprint density at radius 1 is 0.939 bits per heavy atom. The molecule has 2 saturated heterocycles. The molecule has 2 aliphatic rings. The topological polar surface area (TPSA) is 64.7 Å². The molecule has 6 nitrogen and oxygen atoms in total. The second-order valence-electron chi connectivity index (χ2n) is 9.46. The normalized spacial score (nSPS) is 19.2. The summed E-state index contributed by atoms with van der Waals surface area (Å²) in [5, 5.41) is 6.03. The molecule has 1 atom stereocenters. The molecule has 2 N–H and O–H groups in total. The number of nitrogens with one attached hydrogen (secondary N) is 2. The van der Waals surface area contributed by atoms with Gasteiger partial charge in [0.05, 0.1) is 5.92 Å². The first-order valence-electron chi connectivity index (χ1n) is 12.3. The summed E-state index contributed by atoms with van der Waals surface area (Å²) >= 11 is 0. The fourth-order valence-corrected chi connectivity index (χ4v) is 4.77. The SMILES string of the molecule is Cc1cccc(NC(=O)N2CCCC(C(=O)NCc3ccc(CN4CCCCC4)cc3)C2)c1. The zero-order valence-electron chi connectivity index (χ0n) is 19.7. The van der Waals surface area contributed by atoms with Crippen LogP contribution < -0.4 is 10.6 Å². The third kappa shape index (κ3) is 6.81. The molecule has 0 aromatic heterocycles. The number of anilines is 1. The summed E-state index contributed by atoms with van der Waals surface area (Å²) in [5.74, 6) is -0.138. The van der Waals surface area contributed by atoms with Gasteiger partial charge in [0.25, 0.3) is 0 Å². The molecule has 0 spiro atoms. The van der Waals surface area contributed by atoms with E-state index in [1.54, 1.807) is 4.90 Å². The highest BCUT2D eigenvalue weighted by Gasteiger charge is 2.28. The van der Waals surface area contributed by atoms with E-state index >= 15 is 0 Å². The van der Waals surface area contributed by atoms with Gasteiger partial charge in [-0.15, -0.1) is 0 Å². The van der Waals surface area contributed by atoms with Crippen molar-refractivity contribution in [1.82, 2.24) is 15.1 Å². The van der Waals surface area contributed by atoms with E-state index in [1.165, 1.54) is 37.9 Å². The maximum absolute atomic E-state index is 12.8. The molecule has 4 rings (SSSR count). The summed E-state index contributed by atoms with van der Waals surface area (Å²) < 4.78 is 0. The molecule has 6 heteroatoms. The van der Waals surface area contributed by atoms with Gasteiger partial charge in [0.2, 0.25) is 5.91 Å². The number of carbonyl (C=O) groups is 2. The van der Waals surface area contributed by atoms with Gasteiger partial charge in [0.15, 0.2) is 0 Å². The number of hydrogen-bond donors (Lipinski definition) is 2. The van der Waals surface area contributed by atoms with Crippen LogP contribution >= 0.6 is 0 Å². The van der Waals surface area contributed by atoms with Crippen LogP contribution in [0.1, 0.15) is 48.8 Å². The molecule has 2 aromatic rings. The third-order valence-electron chi connectivity index (χ3n) is 6.69. The number of amides is 3. The van der Waals surface area contributed by atoms with Crippen molar-refractivity contribution >= 4 is 17.6 Å². The number of aryl methyl sites for hydroxylation is 1. The van der Waals surface area contributed by atoms with E-state index < -0.39 is 0 Å². The molecule has 0 aliphatic carbocycles. The van der Waals surface area contributed by atoms with Crippen molar-refractivity contribution in [2.24, 2.45) is 5.92 Å². The molecule has 2 fully saturated rings. The van der Waals surface area contributed by atoms with Gasteiger partial charge < -0.3 is 15.5 Å². The standard InChI is InChI=1S/C27H36N4O2/c1-21-7-5-9-25(17-21)29-27(33)31-16-6-8-24(20-31)26(32)28-18-22-10-12-23(13-11-22)19-30-14-3-2-4-15-30/h5,7,9-13,17,24H,2-4,6,8,14-16,18-20H2,1H3,(H,28,32)(H,29,33). The summed E-state index contributed by atoms with van der Waals surface area (Å²) in [7, 11) is 0. The fourth-order valence-electron chi connectivity index (χ4n) is 4.77. The molecule has 0 bridgehead atoms. The summed E-state index contributed by atoms with van der Waals surface area (Å²) in [6.45, 7) is 7.06. The smallest absolute Gasteiger partial charge is 0.321 e. The van der Waals surface area contributed by atoms with Crippen LogP contribution in [0.25, 0.3) is 0 Å². The molecule has 3 amide bonds. The van der Waals surface area contributed by atoms with Crippen molar-refractivity contribution in [3.05, 3.63) is 65.2 Å². The quantitative estimate of drug-likeness (QED) is 0.682. The predicted molar refractivity (Wildman–Crippen MR) is 132 cm³/mol. The predicted octanol–water partition coefficient (Wildman–Crippen LogP) is 4.54. The van der Waals surface area contributed by atoms with E-state index in [-0.39, 0.29) is 17.9 Å². The molecular formula is C27H36N4O2. The van der Waals surface area contributed by atoms with Gasteiger partial charge in [0, 0.05) is 31.9 Å². The average Bonchev–Trinajstić information content (AvgIpc) is 2.84. The van der Waals surface area contributed by atoms with E-state index in [2.05, 4.69) is 39.8 Å². The van der Waals surface area contributed by atoms with E-state index in [4.69, 9.17) is 0 Å². The monoisotopic (exact) mass is 448 g/mol. The summed E-state index contributed by atoms with van der Waals surface area (Å²) in [6, 6.07) is 16.2. The Bertz CT molecular complexity index is 937. The summed E-state index contributed by atoms with van der Waals surface area (Å²) in [6.07, 6.45) is 5.61. The molecule has 1 unspecified atom stereocenters. The Morgan fingerprint density at radius 2 is 1.70 bits per heavy atom. The lowest BCUT2D eigenvalue weighted by Gasteiger charge is -2.32. The first-order chi connectivity index (χ1) is 16.1. The number of nitrogens with zero attached hydrogens (tertiary/aromatic N) is 2. The van der Waals surface area contributed by atoms with Crippen molar-refractivity contribution in [3.63, 3.8) is 0 Å². The second kappa shape index (κ2) is 11.3. The van der Waals surface area contributed by atoms with Crippen LogP contribution in [0.15, 0.2) is 48.5 Å². The summed E-state index contributed by atoms with van der Waals surface area (Å²) in [5.41, 5.74) is 4.32. The van der Waals surface area contributed by atoms with E-state index in [1.807, 2.05) is 31.2 Å². The highest BCUT2D eigenvalue weighted by atomic mass is 16.2. The molecule has 2 aromatic carbocycles. The Morgan fingerprint density at radius 3 is 2.45 bits per heavy atom. The van der Waals surface area contributed by atoms with Gasteiger partial charge in [-0.05, 0) is 74.5 Å². The van der Waals surface area contributed by atoms with Gasteiger partial charge in [-0.2, -0.15) is 0 Å². The van der Waals surface area contributed by atoms with Gasteiger partial charge in [-0.3, -0.25) is 9.69 Å². The first-order valence-corrected chi connectivity index (χ1v) is 12.3. The van der Waals surface area contributed by atoms with Crippen molar-refractivity contribution in [3.8, 4) is 0 Å². The molecule has 0 saturated carbocycles. The van der Waals surface area contributed by atoms with Crippen LogP contribution in [-0.4, -0.2) is 47.9 Å². The minimum Gasteiger partial charge on any atom is -0.352 e. The Labute approximate surface area is 197 Å². The number of hydrogen-bond acceptors (Lipinski definition) is 3. The van der Waals surface area contributed by atoms with Gasteiger partial charge in [0.1, 0.15) is 0 Å². The molecule has 2 aliphatic heterocycles. The van der Waals surface area contributed by atoms with Crippen LogP contribution in [0.5, 0.6) is 0 Å². The average molecular weight is 449 g/mol. The lowest BCUT2D eigenvalue weighted by Crippen LogP contribution is -2.46. The van der Waals surface area contributed by atoms with Crippen LogP contribution in [0.2, 0.25) is 0 Å². The molecule has 0 radical (unpaired) electrons. The Hall–Kier alpha value is -2.86. The van der Waals surface area contributed by atoms with Crippen molar-refractivity contribution in [2.45, 2.75) is 52.1 Å². The second-order valence-corrected chi connectivity index (χ2v) is 9.46. The molecule has 33 heavy (non-hydrogen) atoms. The minimum atomic E-state index is -0.166. The lowest BCUT2D eigenvalue weighted by molar-refractivity contribution is -0.126. The van der Waals surface area contributed by atoms with Gasteiger partial charge >= 0.3 is 6.03 Å². The third-order valence-corrected chi connectivity index (χ3v) is 6.69. The summed E-state index contributed by atoms with van der Waals surface area (Å²) in [4.78, 5) is 29.8. The number of piperidine rings is 2. The van der Waals surface area contributed by atoms with Crippen molar-refractivity contribution in [2.75, 3.05) is 31.5 Å². The lowest BCUT2D eigenvalue weighted by atomic mass is 9.97. The maximum atomic E-state index is 12.8. The largest absolute Gasteiger partial charge is 0.352 e. The number of rotatable bonds is 6. The van der Waals surface area contributed by atoms with E-state index in [9.17, 15) is 9.59 Å². The number of carbonyl (C=O) groups excluding carboxylic acids is 2. The van der Waals surface area contributed by atoms with Crippen LogP contribution in [0.3, 0.4) is 0 Å². The molecular weight excluding hydrogens is 412 g/mol. The minimum absolute atomic E-state index is 0.0282. The molecule has 176 valence electrons. The van der Waals surface area contributed by atoms with E-state index in [0.29, 0.717) is 19.6 Å². The van der Waals surface area contributed by atoms with Crippen LogP contribution in [0, 0.1) is 12.8 Å². The zero-order chi connectivity index (χ0) is 23.0. The van der Waals surface area contributed by atoms with Crippen molar-refractivity contribution in [1.29, 1.82) is 0 Å². The fraction of sp³-hybridized carbons (Fsp3) is 0.481. The highest BCUT2D eigenvalue weighted by Crippen LogP contribution is 2.19. The Balaban J connectivity index is 1.23. The first kappa shape index (κ1) is 23.3. The zero-order valence-corrected chi connectivity index (χ0v) is 19.7. The number of urea groups is 1. The highest BCUT2D eigenvalue weighted by molar-refractivity contribution is 5.90. The molecule has 2 heterocycles. The van der Waals surface area contributed by atoms with Crippen LogP contribution in [-0.2, 0) is 17.9 Å². The van der Waals surface area contributed by atoms with Gasteiger partial charge in [-0.25, -0.2) is 4.79 Å². The number of benzene rings is 2. The number of likely N-dealkylation sites (tertiary alicyclic amines) is 2. The van der Waals surface area contributed by atoms with E-state index in [0.717, 1.165) is 36.2 Å².